The van der Waals surface area contributed by atoms with Crippen molar-refractivity contribution in [3.8, 4) is 34.2 Å². The fourth-order valence-corrected chi connectivity index (χ4v) is 3.69. The molecule has 2 aromatic carbocycles. The Bertz CT molecular complexity index is 1220. The molecule has 0 aliphatic carbocycles. The van der Waals surface area contributed by atoms with Crippen LogP contribution in [-0.2, 0) is 10.0 Å². The van der Waals surface area contributed by atoms with Gasteiger partial charge in [-0.05, 0) is 42.0 Å². The standard InChI is InChI=1S/C19H13ClFN3O3S/c1-27-12-3-7-19(28(23,25)26)14(9-12)11-2-4-13(15(20)8-11)17-6-5-16(21)18(10-22)24-17/h2-9H,1H3,(H2,23,25,26). The summed E-state index contributed by atoms with van der Waals surface area (Å²) in [4.78, 5) is 3.87. The molecule has 9 heteroatoms. The molecule has 0 unspecified atom stereocenters. The van der Waals surface area contributed by atoms with Crippen LogP contribution in [0.15, 0.2) is 53.4 Å². The molecule has 0 spiro atoms. The summed E-state index contributed by atoms with van der Waals surface area (Å²) in [5.74, 6) is -0.283. The highest BCUT2D eigenvalue weighted by Crippen LogP contribution is 2.35. The second-order valence-electron chi connectivity index (χ2n) is 5.74. The molecule has 1 heterocycles. The van der Waals surface area contributed by atoms with Gasteiger partial charge >= 0.3 is 0 Å². The zero-order valence-corrected chi connectivity index (χ0v) is 16.1. The lowest BCUT2D eigenvalue weighted by atomic mass is 10.0. The number of halogens is 2. The predicted octanol–water partition coefficient (Wildman–Crippen LogP) is 3.74. The average molecular weight is 418 g/mol. The third-order valence-corrected chi connectivity index (χ3v) is 5.28. The van der Waals surface area contributed by atoms with E-state index in [9.17, 15) is 12.8 Å². The van der Waals surface area contributed by atoms with Crippen LogP contribution in [0, 0.1) is 17.1 Å². The van der Waals surface area contributed by atoms with Gasteiger partial charge in [0.1, 0.15) is 11.8 Å². The third-order valence-electron chi connectivity index (χ3n) is 4.00. The lowest BCUT2D eigenvalue weighted by Crippen LogP contribution is -2.13. The van der Waals surface area contributed by atoms with Crippen molar-refractivity contribution in [3.05, 3.63) is 65.1 Å². The van der Waals surface area contributed by atoms with Crippen molar-refractivity contribution in [1.82, 2.24) is 4.98 Å². The molecule has 142 valence electrons. The minimum atomic E-state index is -3.98. The van der Waals surface area contributed by atoms with Crippen LogP contribution in [0.4, 0.5) is 4.39 Å². The molecule has 0 bridgehead atoms. The minimum absolute atomic E-state index is 0.0798. The molecule has 2 N–H and O–H groups in total. The van der Waals surface area contributed by atoms with Gasteiger partial charge < -0.3 is 4.74 Å². The van der Waals surface area contributed by atoms with Gasteiger partial charge in [0.15, 0.2) is 11.5 Å². The van der Waals surface area contributed by atoms with E-state index < -0.39 is 15.8 Å². The zero-order valence-electron chi connectivity index (χ0n) is 14.5. The molecule has 3 rings (SSSR count). The summed E-state index contributed by atoms with van der Waals surface area (Å²) in [5, 5.41) is 14.5. The number of hydrogen-bond donors (Lipinski definition) is 1. The van der Waals surface area contributed by atoms with Crippen LogP contribution in [-0.4, -0.2) is 20.5 Å². The molecule has 0 fully saturated rings. The number of nitriles is 1. The van der Waals surface area contributed by atoms with E-state index in [1.54, 1.807) is 18.2 Å². The Labute approximate surface area is 166 Å². The Morgan fingerprint density at radius 1 is 1.14 bits per heavy atom. The number of pyridine rings is 1. The van der Waals surface area contributed by atoms with E-state index >= 15 is 0 Å². The summed E-state index contributed by atoms with van der Waals surface area (Å²) in [6.07, 6.45) is 0. The number of aromatic nitrogens is 1. The molecule has 0 radical (unpaired) electrons. The zero-order chi connectivity index (χ0) is 20.5. The second-order valence-corrected chi connectivity index (χ2v) is 7.68. The van der Waals surface area contributed by atoms with Gasteiger partial charge in [0.2, 0.25) is 10.0 Å². The van der Waals surface area contributed by atoms with Crippen molar-refractivity contribution in [1.29, 1.82) is 5.26 Å². The smallest absolute Gasteiger partial charge is 0.238 e. The van der Waals surface area contributed by atoms with Gasteiger partial charge in [0.25, 0.3) is 0 Å². The van der Waals surface area contributed by atoms with Crippen molar-refractivity contribution in [2.45, 2.75) is 4.90 Å². The van der Waals surface area contributed by atoms with Crippen molar-refractivity contribution in [2.24, 2.45) is 5.14 Å². The number of nitrogens with two attached hydrogens (primary N) is 1. The number of benzene rings is 2. The molecule has 0 saturated carbocycles. The van der Waals surface area contributed by atoms with Crippen LogP contribution in [0.3, 0.4) is 0 Å². The maximum atomic E-state index is 13.5. The molecular weight excluding hydrogens is 405 g/mol. The SMILES string of the molecule is COc1ccc(S(N)(=O)=O)c(-c2ccc(-c3ccc(F)c(C#N)n3)c(Cl)c2)c1. The van der Waals surface area contributed by atoms with Gasteiger partial charge in [-0.1, -0.05) is 23.7 Å². The fourth-order valence-electron chi connectivity index (χ4n) is 2.67. The minimum Gasteiger partial charge on any atom is -0.497 e. The second kappa shape index (κ2) is 7.56. The number of nitrogens with zero attached hydrogens (tertiary/aromatic N) is 2. The highest BCUT2D eigenvalue weighted by Gasteiger charge is 2.18. The Morgan fingerprint density at radius 2 is 1.89 bits per heavy atom. The predicted molar refractivity (Wildman–Crippen MR) is 103 cm³/mol. The van der Waals surface area contributed by atoms with Gasteiger partial charge in [0, 0.05) is 11.1 Å². The van der Waals surface area contributed by atoms with Crippen LogP contribution in [0.25, 0.3) is 22.4 Å². The number of hydrogen-bond acceptors (Lipinski definition) is 5. The maximum Gasteiger partial charge on any atom is 0.238 e. The first kappa shape index (κ1) is 19.8. The first-order chi connectivity index (χ1) is 13.2. The lowest BCUT2D eigenvalue weighted by Gasteiger charge is -2.12. The summed E-state index contributed by atoms with van der Waals surface area (Å²) in [6, 6.07) is 13.4. The van der Waals surface area contributed by atoms with E-state index in [2.05, 4.69) is 4.98 Å². The van der Waals surface area contributed by atoms with E-state index in [1.165, 1.54) is 37.4 Å². The summed E-state index contributed by atoms with van der Waals surface area (Å²) in [7, 11) is -2.53. The molecule has 0 aliphatic heterocycles. The van der Waals surface area contributed by atoms with Crippen LogP contribution in [0.2, 0.25) is 5.02 Å². The Balaban J connectivity index is 2.15. The highest BCUT2D eigenvalue weighted by atomic mass is 35.5. The van der Waals surface area contributed by atoms with Crippen LogP contribution < -0.4 is 9.88 Å². The van der Waals surface area contributed by atoms with Crippen LogP contribution in [0.1, 0.15) is 5.69 Å². The van der Waals surface area contributed by atoms with E-state index in [1.807, 2.05) is 0 Å². The van der Waals surface area contributed by atoms with Gasteiger partial charge in [-0.2, -0.15) is 5.26 Å². The monoisotopic (exact) mass is 417 g/mol. The summed E-state index contributed by atoms with van der Waals surface area (Å²) < 4.78 is 42.5. The van der Waals surface area contributed by atoms with Crippen molar-refractivity contribution >= 4 is 21.6 Å². The van der Waals surface area contributed by atoms with Gasteiger partial charge in [-0.15, -0.1) is 0 Å². The molecule has 0 saturated heterocycles. The summed E-state index contributed by atoms with van der Waals surface area (Å²) in [6.45, 7) is 0. The van der Waals surface area contributed by atoms with Crippen molar-refractivity contribution < 1.29 is 17.5 Å². The average Bonchev–Trinajstić information content (AvgIpc) is 2.67. The van der Waals surface area contributed by atoms with E-state index in [-0.39, 0.29) is 15.6 Å². The summed E-state index contributed by atoms with van der Waals surface area (Å²) >= 11 is 6.36. The molecule has 0 atom stereocenters. The van der Waals surface area contributed by atoms with Crippen LogP contribution >= 0.6 is 11.6 Å². The van der Waals surface area contributed by atoms with Crippen molar-refractivity contribution in [3.63, 3.8) is 0 Å². The first-order valence-electron chi connectivity index (χ1n) is 7.82. The molecule has 3 aromatic rings. The number of methoxy groups -OCH3 is 1. The Kier molecular flexibility index (Phi) is 5.34. The number of ether oxygens (including phenoxy) is 1. The van der Waals surface area contributed by atoms with Gasteiger partial charge in [-0.3, -0.25) is 0 Å². The normalized spacial score (nSPS) is 11.1. The number of sulfonamides is 1. The highest BCUT2D eigenvalue weighted by molar-refractivity contribution is 7.89. The van der Waals surface area contributed by atoms with Crippen molar-refractivity contribution in [2.75, 3.05) is 7.11 Å². The maximum absolute atomic E-state index is 13.5. The molecular formula is C19H13ClFN3O3S. The molecule has 0 aliphatic rings. The van der Waals surface area contributed by atoms with E-state index in [0.29, 0.717) is 28.1 Å². The lowest BCUT2D eigenvalue weighted by molar-refractivity contribution is 0.414. The largest absolute Gasteiger partial charge is 0.497 e. The third kappa shape index (κ3) is 3.82. The number of primary sulfonamides is 1. The molecule has 0 amide bonds. The molecule has 1 aromatic heterocycles. The quantitative estimate of drug-likeness (QED) is 0.696. The molecule has 28 heavy (non-hydrogen) atoms. The van der Waals surface area contributed by atoms with Gasteiger partial charge in [0.05, 0.1) is 22.7 Å². The molecule has 6 nitrogen and oxygen atoms in total. The Morgan fingerprint density at radius 3 is 2.50 bits per heavy atom. The van der Waals surface area contributed by atoms with Gasteiger partial charge in [-0.25, -0.2) is 22.9 Å². The first-order valence-corrected chi connectivity index (χ1v) is 9.75. The number of rotatable bonds is 4. The topological polar surface area (TPSA) is 106 Å². The summed E-state index contributed by atoms with van der Waals surface area (Å²) in [5.41, 5.74) is 1.23. The van der Waals surface area contributed by atoms with Crippen LogP contribution in [0.5, 0.6) is 5.75 Å². The van der Waals surface area contributed by atoms with E-state index in [4.69, 9.17) is 26.7 Å². The fraction of sp³-hybridized carbons (Fsp3) is 0.0526. The van der Waals surface area contributed by atoms with E-state index in [0.717, 1.165) is 6.07 Å². The Hall–Kier alpha value is -2.99.